The molecule has 0 aromatic heterocycles. The van der Waals surface area contributed by atoms with Gasteiger partial charge in [0.05, 0.1) is 23.7 Å². The average molecular weight is 507 g/mol. The second-order valence-corrected chi connectivity index (χ2v) is 11.8. The van der Waals surface area contributed by atoms with E-state index < -0.39 is 41.8 Å². The quantitative estimate of drug-likeness (QED) is 0.537. The Hall–Kier alpha value is -2.99. The number of rotatable bonds is 3. The summed E-state index contributed by atoms with van der Waals surface area (Å²) in [4.78, 5) is 28.9. The number of benzene rings is 1. The fourth-order valence-corrected chi connectivity index (χ4v) is 7.64. The predicted molar refractivity (Wildman–Crippen MR) is 135 cm³/mol. The average Bonchev–Trinajstić information content (AvgIpc) is 3.37. The van der Waals surface area contributed by atoms with Crippen LogP contribution in [0.15, 0.2) is 47.6 Å². The first-order chi connectivity index (χ1) is 17.4. The maximum atomic E-state index is 14.4. The van der Waals surface area contributed by atoms with Gasteiger partial charge in [0.2, 0.25) is 0 Å². The van der Waals surface area contributed by atoms with Gasteiger partial charge in [0.1, 0.15) is 6.10 Å². The fourth-order valence-electron chi connectivity index (χ4n) is 7.64. The number of nitriles is 1. The summed E-state index contributed by atoms with van der Waals surface area (Å²) in [5.74, 6) is -0.766. The molecule has 4 aliphatic rings. The van der Waals surface area contributed by atoms with Crippen molar-refractivity contribution in [2.45, 2.75) is 51.9 Å². The molecule has 1 amide bonds. The molecule has 0 aliphatic heterocycles. The first-order valence-corrected chi connectivity index (χ1v) is 12.8. The molecule has 37 heavy (non-hydrogen) atoms. The molecule has 8 atom stereocenters. The van der Waals surface area contributed by atoms with Crippen LogP contribution in [0.1, 0.15) is 39.7 Å². The number of nitrogens with zero attached hydrogens (tertiary/aromatic N) is 2. The maximum absolute atomic E-state index is 14.4. The minimum Gasteiger partial charge on any atom is -0.438 e. The number of hydrogen-bond acceptors (Lipinski definition) is 7. The van der Waals surface area contributed by atoms with Crippen molar-refractivity contribution in [3.05, 3.63) is 53.1 Å². The summed E-state index contributed by atoms with van der Waals surface area (Å²) in [6, 6.07) is 8.40. The van der Waals surface area contributed by atoms with Gasteiger partial charge in [-0.05, 0) is 71.9 Å². The topological polar surface area (TPSA) is 131 Å². The third-order valence-corrected chi connectivity index (χ3v) is 9.77. The smallest absolute Gasteiger partial charge is 0.414 e. The Morgan fingerprint density at radius 2 is 1.92 bits per heavy atom. The lowest BCUT2D eigenvalue weighted by Gasteiger charge is -2.48. The molecule has 2 bridgehead atoms. The van der Waals surface area contributed by atoms with Crippen molar-refractivity contribution in [3.8, 4) is 6.07 Å². The van der Waals surface area contributed by atoms with Gasteiger partial charge < -0.3 is 20.1 Å². The Bertz CT molecular complexity index is 1260. The number of amides is 1. The van der Waals surface area contributed by atoms with Crippen molar-refractivity contribution < 1.29 is 29.6 Å². The van der Waals surface area contributed by atoms with Gasteiger partial charge in [-0.2, -0.15) is 5.26 Å². The first-order valence-electron chi connectivity index (χ1n) is 12.8. The largest absolute Gasteiger partial charge is 0.438 e. The zero-order chi connectivity index (χ0) is 27.1. The van der Waals surface area contributed by atoms with E-state index in [9.17, 15) is 24.9 Å². The molecule has 196 valence electrons. The van der Waals surface area contributed by atoms with Crippen LogP contribution >= 0.6 is 0 Å². The first kappa shape index (κ1) is 25.7. The highest BCUT2D eigenvalue weighted by Crippen LogP contribution is 2.71. The van der Waals surface area contributed by atoms with Crippen molar-refractivity contribution >= 4 is 17.6 Å². The third-order valence-electron chi connectivity index (χ3n) is 9.77. The number of fused-ring (bicyclic) bond motifs is 3. The molecule has 0 unspecified atom stereocenters. The van der Waals surface area contributed by atoms with Gasteiger partial charge in [-0.15, -0.1) is 0 Å². The molecule has 8 nitrogen and oxygen atoms in total. The number of hydrogen-bond donors (Lipinski definition) is 3. The molecule has 2 saturated carbocycles. The number of Topliss-reactive ketones (excluding diaryl/α,β-unsaturated/α-hetero) is 1. The highest BCUT2D eigenvalue weighted by atomic mass is 16.6. The van der Waals surface area contributed by atoms with Crippen LogP contribution in [0, 0.1) is 45.8 Å². The molecule has 1 aromatic carbocycles. The van der Waals surface area contributed by atoms with Gasteiger partial charge in [-0.3, -0.25) is 9.69 Å². The van der Waals surface area contributed by atoms with Crippen LogP contribution in [0.3, 0.4) is 0 Å². The summed E-state index contributed by atoms with van der Waals surface area (Å²) >= 11 is 0. The minimum atomic E-state index is -2.18. The van der Waals surface area contributed by atoms with Crippen molar-refractivity contribution in [3.63, 3.8) is 0 Å². The maximum Gasteiger partial charge on any atom is 0.414 e. The summed E-state index contributed by atoms with van der Waals surface area (Å²) in [5.41, 5.74) is -2.15. The lowest BCUT2D eigenvalue weighted by Crippen LogP contribution is -2.66. The molecular weight excluding hydrogens is 472 g/mol. The molecule has 4 aliphatic carbocycles. The van der Waals surface area contributed by atoms with E-state index >= 15 is 0 Å². The summed E-state index contributed by atoms with van der Waals surface area (Å²) in [5, 5.41) is 43.3. The number of anilines is 1. The highest BCUT2D eigenvalue weighted by Gasteiger charge is 2.76. The molecule has 3 N–H and O–H groups in total. The molecule has 1 aromatic rings. The fraction of sp³-hybridized carbons (Fsp3) is 0.552. The second kappa shape index (κ2) is 8.26. The van der Waals surface area contributed by atoms with E-state index in [1.807, 2.05) is 13.0 Å². The summed E-state index contributed by atoms with van der Waals surface area (Å²) in [6.07, 6.45) is 0.347. The monoisotopic (exact) mass is 506 g/mol. The van der Waals surface area contributed by atoms with Crippen LogP contribution in [0.5, 0.6) is 0 Å². The Balaban J connectivity index is 1.56. The number of ether oxygens (including phenoxy) is 1. The van der Waals surface area contributed by atoms with Crippen molar-refractivity contribution in [2.75, 3.05) is 18.6 Å². The number of aliphatic hydroxyl groups is 3. The normalized spacial score (nSPS) is 39.2. The number of carbonyl (C=O) groups is 2. The van der Waals surface area contributed by atoms with Crippen LogP contribution < -0.4 is 4.90 Å². The van der Waals surface area contributed by atoms with Crippen molar-refractivity contribution in [2.24, 2.45) is 34.5 Å². The molecule has 8 heteroatoms. The number of carbonyl (C=O) groups excluding carboxylic acids is 2. The van der Waals surface area contributed by atoms with Crippen LogP contribution in [-0.4, -0.2) is 58.7 Å². The standard InChI is InChI=1S/C29H34N2O6/c1-15-12-28-16(2)10-21-22(27(21,3)4)20(24(28)34)11-18(14-32)23(33)29(28,36)25(15)37-26(35)31(5)19-8-6-17(13-30)7-9-19/h6-9,11-12,16,20-23,25,32-33,36H,10,14H2,1-5H3/t16-,20+,21-,22+,23-,25+,28+,29+/m1/s1. The zero-order valence-corrected chi connectivity index (χ0v) is 21.8. The van der Waals surface area contributed by atoms with E-state index in [4.69, 9.17) is 10.00 Å². The predicted octanol–water partition coefficient (Wildman–Crippen LogP) is 2.97. The van der Waals surface area contributed by atoms with Crippen molar-refractivity contribution in [1.82, 2.24) is 0 Å². The van der Waals surface area contributed by atoms with Gasteiger partial charge >= 0.3 is 6.09 Å². The minimum absolute atomic E-state index is 0.0516. The zero-order valence-electron chi connectivity index (χ0n) is 21.8. The number of allylic oxidation sites excluding steroid dienone is 1. The molecule has 0 saturated heterocycles. The summed E-state index contributed by atoms with van der Waals surface area (Å²) in [6.45, 7) is 7.37. The van der Waals surface area contributed by atoms with E-state index in [0.717, 1.165) is 0 Å². The van der Waals surface area contributed by atoms with Gasteiger partial charge in [0.15, 0.2) is 17.5 Å². The van der Waals surface area contributed by atoms with Crippen molar-refractivity contribution in [1.29, 1.82) is 5.26 Å². The highest BCUT2D eigenvalue weighted by molar-refractivity contribution is 5.96. The molecule has 0 heterocycles. The van der Waals surface area contributed by atoms with Crippen LogP contribution in [0.2, 0.25) is 0 Å². The Kier molecular flexibility index (Phi) is 5.72. The Morgan fingerprint density at radius 1 is 1.27 bits per heavy atom. The SMILES string of the molecule is CC1=C[C@]23C(=O)[C@@H](C=C(CO)[C@@H](O)[C@]2(O)[C@H]1OC(=O)N(C)c1ccc(C#N)cc1)[C@H]1[C@@H](C[C@H]3C)C1(C)C. The van der Waals surface area contributed by atoms with Gasteiger partial charge in [-0.1, -0.05) is 32.9 Å². The van der Waals surface area contributed by atoms with Crippen LogP contribution in [0.4, 0.5) is 10.5 Å². The third kappa shape index (κ3) is 3.24. The van der Waals surface area contributed by atoms with Crippen LogP contribution in [-0.2, 0) is 9.53 Å². The van der Waals surface area contributed by atoms with E-state index in [-0.39, 0.29) is 34.5 Å². The summed E-state index contributed by atoms with van der Waals surface area (Å²) < 4.78 is 5.87. The molecule has 1 spiro atoms. The number of aliphatic hydroxyl groups excluding tert-OH is 2. The van der Waals surface area contributed by atoms with Gasteiger partial charge in [0.25, 0.3) is 0 Å². The molecule has 0 radical (unpaired) electrons. The Labute approximate surface area is 216 Å². The molecule has 5 rings (SSSR count). The van der Waals surface area contributed by atoms with E-state index in [2.05, 4.69) is 13.8 Å². The number of ketones is 1. The van der Waals surface area contributed by atoms with E-state index in [1.54, 1.807) is 43.3 Å². The van der Waals surface area contributed by atoms with Gasteiger partial charge in [0, 0.05) is 18.7 Å². The molecule has 2 fully saturated rings. The van der Waals surface area contributed by atoms with E-state index in [1.165, 1.54) is 11.9 Å². The lowest BCUT2D eigenvalue weighted by atomic mass is 9.59. The lowest BCUT2D eigenvalue weighted by molar-refractivity contribution is -0.189. The second-order valence-electron chi connectivity index (χ2n) is 11.8. The molecular formula is C29H34N2O6. The van der Waals surface area contributed by atoms with Gasteiger partial charge in [-0.25, -0.2) is 4.79 Å². The van der Waals surface area contributed by atoms with E-state index in [0.29, 0.717) is 23.2 Å². The summed E-state index contributed by atoms with van der Waals surface area (Å²) in [7, 11) is 1.51. The van der Waals surface area contributed by atoms with Crippen LogP contribution in [0.25, 0.3) is 0 Å². The Morgan fingerprint density at radius 3 is 2.51 bits per heavy atom.